The fraction of sp³-hybridized carbons (Fsp3) is 0.462. The fourth-order valence-electron chi connectivity index (χ4n) is 1.59. The summed E-state index contributed by atoms with van der Waals surface area (Å²) in [5.41, 5.74) is 0.877. The lowest BCUT2D eigenvalue weighted by Crippen LogP contribution is -2.18. The van der Waals surface area contributed by atoms with Crippen LogP contribution >= 0.6 is 11.8 Å². The quantitative estimate of drug-likeness (QED) is 0.797. The van der Waals surface area contributed by atoms with Crippen LogP contribution in [-0.2, 0) is 0 Å². The van der Waals surface area contributed by atoms with Crippen molar-refractivity contribution in [2.45, 2.75) is 19.4 Å². The number of carbonyl (C=O) groups is 1. The number of hydrogen-bond donors (Lipinski definition) is 2. The molecule has 2 N–H and O–H groups in total. The summed E-state index contributed by atoms with van der Waals surface area (Å²) < 4.78 is 5.12. The van der Waals surface area contributed by atoms with Gasteiger partial charge in [-0.25, -0.2) is 4.79 Å². The van der Waals surface area contributed by atoms with Gasteiger partial charge in [0.2, 0.25) is 0 Å². The number of carboxylic acid groups (broad SMARTS) is 1. The molecule has 1 aromatic carbocycles. The van der Waals surface area contributed by atoms with Gasteiger partial charge in [0.15, 0.2) is 0 Å². The van der Waals surface area contributed by atoms with Crippen molar-refractivity contribution in [1.29, 1.82) is 0 Å². The van der Waals surface area contributed by atoms with Gasteiger partial charge in [-0.15, -0.1) is 0 Å². The van der Waals surface area contributed by atoms with Crippen molar-refractivity contribution in [1.82, 2.24) is 0 Å². The summed E-state index contributed by atoms with van der Waals surface area (Å²) in [6.07, 6.45) is 3.04. The van der Waals surface area contributed by atoms with Crippen molar-refractivity contribution in [2.24, 2.45) is 0 Å². The largest absolute Gasteiger partial charge is 0.497 e. The standard InChI is InChI=1S/C13H19NO3S/c1-9(6-7-18-3)14-12-8-10(17-2)4-5-11(12)13(15)16/h4-5,8-9,14H,6-7H2,1-3H3,(H,15,16). The first-order valence-corrected chi connectivity index (χ1v) is 7.14. The number of thioether (sulfide) groups is 1. The molecule has 0 aliphatic carbocycles. The van der Waals surface area contributed by atoms with E-state index in [0.717, 1.165) is 12.2 Å². The Bertz CT molecular complexity index is 409. The lowest BCUT2D eigenvalue weighted by molar-refractivity contribution is 0.0698. The molecule has 0 radical (unpaired) electrons. The number of carboxylic acids is 1. The van der Waals surface area contributed by atoms with Gasteiger partial charge in [-0.2, -0.15) is 11.8 Å². The number of ether oxygens (including phenoxy) is 1. The Morgan fingerprint density at radius 2 is 2.28 bits per heavy atom. The number of nitrogens with one attached hydrogen (secondary N) is 1. The van der Waals surface area contributed by atoms with Crippen LogP contribution in [0.4, 0.5) is 5.69 Å². The molecule has 1 aromatic rings. The Morgan fingerprint density at radius 1 is 1.56 bits per heavy atom. The molecule has 1 atom stereocenters. The molecule has 0 saturated carbocycles. The van der Waals surface area contributed by atoms with Gasteiger partial charge in [0.1, 0.15) is 5.75 Å². The van der Waals surface area contributed by atoms with E-state index in [1.807, 2.05) is 6.92 Å². The zero-order chi connectivity index (χ0) is 13.5. The third-order valence-corrected chi connectivity index (χ3v) is 3.26. The van der Waals surface area contributed by atoms with Gasteiger partial charge in [-0.3, -0.25) is 0 Å². The van der Waals surface area contributed by atoms with Crippen LogP contribution in [0.2, 0.25) is 0 Å². The van der Waals surface area contributed by atoms with Crippen LogP contribution in [0.15, 0.2) is 18.2 Å². The number of hydrogen-bond acceptors (Lipinski definition) is 4. The van der Waals surface area contributed by atoms with Gasteiger partial charge in [0, 0.05) is 12.1 Å². The first-order chi connectivity index (χ1) is 8.58. The number of rotatable bonds is 7. The van der Waals surface area contributed by atoms with Crippen molar-refractivity contribution >= 4 is 23.4 Å². The maximum Gasteiger partial charge on any atom is 0.337 e. The van der Waals surface area contributed by atoms with Gasteiger partial charge in [0.05, 0.1) is 18.4 Å². The van der Waals surface area contributed by atoms with Crippen LogP contribution in [0.5, 0.6) is 5.75 Å². The van der Waals surface area contributed by atoms with Gasteiger partial charge in [-0.1, -0.05) is 0 Å². The minimum Gasteiger partial charge on any atom is -0.497 e. The normalized spacial score (nSPS) is 11.9. The van der Waals surface area contributed by atoms with Crippen LogP contribution < -0.4 is 10.1 Å². The number of methoxy groups -OCH3 is 1. The first-order valence-electron chi connectivity index (χ1n) is 5.75. The smallest absolute Gasteiger partial charge is 0.337 e. The third-order valence-electron chi connectivity index (χ3n) is 2.61. The molecule has 0 aliphatic rings. The van der Waals surface area contributed by atoms with E-state index >= 15 is 0 Å². The topological polar surface area (TPSA) is 58.6 Å². The van der Waals surface area contributed by atoms with Crippen molar-refractivity contribution in [2.75, 3.05) is 24.4 Å². The summed E-state index contributed by atoms with van der Waals surface area (Å²) in [5.74, 6) is 0.761. The summed E-state index contributed by atoms with van der Waals surface area (Å²) in [4.78, 5) is 11.1. The zero-order valence-electron chi connectivity index (χ0n) is 10.9. The molecule has 0 aliphatic heterocycles. The highest BCUT2D eigenvalue weighted by Crippen LogP contribution is 2.23. The molecule has 0 saturated heterocycles. The molecule has 0 bridgehead atoms. The van der Waals surface area contributed by atoms with E-state index < -0.39 is 5.97 Å². The maximum absolute atomic E-state index is 11.1. The molecule has 0 fully saturated rings. The van der Waals surface area contributed by atoms with E-state index in [9.17, 15) is 4.79 Å². The SMILES string of the molecule is COc1ccc(C(=O)O)c(NC(C)CCSC)c1. The summed E-state index contributed by atoms with van der Waals surface area (Å²) in [6.45, 7) is 2.04. The molecule has 0 heterocycles. The van der Waals surface area contributed by atoms with E-state index in [1.165, 1.54) is 0 Å². The molecular formula is C13H19NO3S. The molecule has 1 rings (SSSR count). The lowest BCUT2D eigenvalue weighted by atomic mass is 10.1. The van der Waals surface area contributed by atoms with Crippen molar-refractivity contribution in [3.63, 3.8) is 0 Å². The molecule has 5 heteroatoms. The monoisotopic (exact) mass is 269 g/mol. The molecule has 0 amide bonds. The number of benzene rings is 1. The van der Waals surface area contributed by atoms with E-state index in [4.69, 9.17) is 9.84 Å². The molecule has 18 heavy (non-hydrogen) atoms. The first kappa shape index (κ1) is 14.7. The summed E-state index contributed by atoms with van der Waals surface area (Å²) in [6, 6.07) is 5.16. The van der Waals surface area contributed by atoms with Crippen molar-refractivity contribution in [3.8, 4) is 5.75 Å². The predicted molar refractivity (Wildman–Crippen MR) is 76.0 cm³/mol. The second-order valence-corrected chi connectivity index (χ2v) is 5.03. The summed E-state index contributed by atoms with van der Waals surface area (Å²) >= 11 is 1.78. The zero-order valence-corrected chi connectivity index (χ0v) is 11.7. The maximum atomic E-state index is 11.1. The van der Waals surface area contributed by atoms with Crippen LogP contribution in [0.1, 0.15) is 23.7 Å². The highest BCUT2D eigenvalue weighted by atomic mass is 32.2. The van der Waals surface area contributed by atoms with Crippen LogP contribution in [0.3, 0.4) is 0 Å². The second-order valence-electron chi connectivity index (χ2n) is 4.04. The Labute approximate surface area is 112 Å². The highest BCUT2D eigenvalue weighted by molar-refractivity contribution is 7.98. The fourth-order valence-corrected chi connectivity index (χ4v) is 2.18. The average Bonchev–Trinajstić information content (AvgIpc) is 2.35. The highest BCUT2D eigenvalue weighted by Gasteiger charge is 2.13. The van der Waals surface area contributed by atoms with Crippen molar-refractivity contribution in [3.05, 3.63) is 23.8 Å². The van der Waals surface area contributed by atoms with Crippen LogP contribution in [0.25, 0.3) is 0 Å². The molecule has 4 nitrogen and oxygen atoms in total. The minimum absolute atomic E-state index is 0.225. The molecule has 0 aromatic heterocycles. The Hall–Kier alpha value is -1.36. The summed E-state index contributed by atoms with van der Waals surface area (Å²) in [5, 5.41) is 12.4. The Morgan fingerprint density at radius 3 is 2.83 bits per heavy atom. The van der Waals surface area contributed by atoms with Crippen LogP contribution in [-0.4, -0.2) is 36.2 Å². The van der Waals surface area contributed by atoms with E-state index in [0.29, 0.717) is 11.4 Å². The average molecular weight is 269 g/mol. The van der Waals surface area contributed by atoms with Gasteiger partial charge in [0.25, 0.3) is 0 Å². The second kappa shape index (κ2) is 7.16. The van der Waals surface area contributed by atoms with Gasteiger partial charge < -0.3 is 15.2 Å². The number of anilines is 1. The minimum atomic E-state index is -0.933. The molecule has 100 valence electrons. The predicted octanol–water partition coefficient (Wildman–Crippen LogP) is 2.95. The van der Waals surface area contributed by atoms with Gasteiger partial charge in [-0.05, 0) is 37.5 Å². The molecular weight excluding hydrogens is 250 g/mol. The van der Waals surface area contributed by atoms with E-state index in [2.05, 4.69) is 11.6 Å². The van der Waals surface area contributed by atoms with Crippen LogP contribution in [0, 0.1) is 0 Å². The molecule has 0 spiro atoms. The Balaban J connectivity index is 2.86. The number of aromatic carboxylic acids is 1. The Kier molecular flexibility index (Phi) is 5.85. The van der Waals surface area contributed by atoms with Crippen molar-refractivity contribution < 1.29 is 14.6 Å². The third kappa shape index (κ3) is 4.14. The van der Waals surface area contributed by atoms with Gasteiger partial charge >= 0.3 is 5.97 Å². The van der Waals surface area contributed by atoms with E-state index in [-0.39, 0.29) is 11.6 Å². The molecule has 1 unspecified atom stereocenters. The summed E-state index contributed by atoms with van der Waals surface area (Å²) in [7, 11) is 1.57. The van der Waals surface area contributed by atoms with E-state index in [1.54, 1.807) is 37.1 Å². The lowest BCUT2D eigenvalue weighted by Gasteiger charge is -2.17.